The van der Waals surface area contributed by atoms with Crippen molar-refractivity contribution in [3.05, 3.63) is 11.7 Å². The molecule has 6 nitrogen and oxygen atoms in total. The lowest BCUT2D eigenvalue weighted by molar-refractivity contribution is -0.139. The quantitative estimate of drug-likeness (QED) is 0.791. The number of thioether (sulfide) groups is 1. The van der Waals surface area contributed by atoms with E-state index >= 15 is 0 Å². The molecule has 0 aliphatic rings. The van der Waals surface area contributed by atoms with Gasteiger partial charge >= 0.3 is 5.97 Å². The largest absolute Gasteiger partial charge is 0.480 e. The second-order valence-electron chi connectivity index (χ2n) is 3.94. The van der Waals surface area contributed by atoms with Crippen molar-refractivity contribution >= 4 is 17.7 Å². The maximum absolute atomic E-state index is 10.8. The fourth-order valence-electron chi connectivity index (χ4n) is 1.03. The van der Waals surface area contributed by atoms with Crippen LogP contribution >= 0.6 is 11.8 Å². The van der Waals surface area contributed by atoms with E-state index in [0.29, 0.717) is 17.5 Å². The zero-order valence-electron chi connectivity index (χ0n) is 9.43. The van der Waals surface area contributed by atoms with Crippen molar-refractivity contribution in [3.8, 4) is 0 Å². The van der Waals surface area contributed by atoms with Gasteiger partial charge in [-0.05, 0) is 20.8 Å². The summed E-state index contributed by atoms with van der Waals surface area (Å²) in [5.41, 5.74) is 5.58. The minimum Gasteiger partial charge on any atom is -0.480 e. The number of hydrogen-bond donors (Lipinski definition) is 2. The van der Waals surface area contributed by atoms with E-state index in [1.807, 2.05) is 0 Å². The van der Waals surface area contributed by atoms with Gasteiger partial charge in [-0.25, -0.2) is 0 Å². The second-order valence-corrected chi connectivity index (χ2v) is 5.57. The van der Waals surface area contributed by atoms with Gasteiger partial charge in [-0.15, -0.1) is 11.8 Å². The molecule has 3 N–H and O–H groups in total. The molecule has 0 saturated heterocycles. The summed E-state index contributed by atoms with van der Waals surface area (Å²) in [5, 5.41) is 12.5. The Bertz CT molecular complexity index is 378. The van der Waals surface area contributed by atoms with Crippen molar-refractivity contribution in [2.45, 2.75) is 37.3 Å². The fourth-order valence-corrected chi connectivity index (χ4v) is 1.93. The number of nitrogens with zero attached hydrogens (tertiary/aromatic N) is 2. The number of carbonyl (C=O) groups is 1. The first-order valence-corrected chi connectivity index (χ1v) is 5.73. The van der Waals surface area contributed by atoms with Gasteiger partial charge in [0, 0.05) is 4.75 Å². The van der Waals surface area contributed by atoms with Crippen LogP contribution in [0.15, 0.2) is 4.52 Å². The number of carboxylic acid groups (broad SMARTS) is 1. The van der Waals surface area contributed by atoms with E-state index in [1.54, 1.807) is 20.8 Å². The standard InChI is InChI=1S/C9H15N3O3S/c1-5-11-6(15-12-5)4-16-9(2,3)7(10)8(13)14/h7H,4,10H2,1-3H3,(H,13,14)/t7-/m1/s1. The molecule has 0 aliphatic heterocycles. The van der Waals surface area contributed by atoms with E-state index in [0.717, 1.165) is 0 Å². The molecule has 16 heavy (non-hydrogen) atoms. The highest BCUT2D eigenvalue weighted by atomic mass is 32.2. The summed E-state index contributed by atoms with van der Waals surface area (Å²) < 4.78 is 4.34. The summed E-state index contributed by atoms with van der Waals surface area (Å²) in [6, 6.07) is -0.929. The zero-order valence-corrected chi connectivity index (χ0v) is 10.2. The van der Waals surface area contributed by atoms with Crippen LogP contribution in [-0.2, 0) is 10.5 Å². The molecule has 0 bridgehead atoms. The number of nitrogens with two attached hydrogens (primary N) is 1. The molecule has 7 heteroatoms. The summed E-state index contributed by atoms with van der Waals surface area (Å²) >= 11 is 1.38. The molecule has 1 aromatic rings. The topological polar surface area (TPSA) is 102 Å². The van der Waals surface area contributed by atoms with Crippen LogP contribution < -0.4 is 5.73 Å². The molecule has 0 fully saturated rings. The van der Waals surface area contributed by atoms with Crippen LogP contribution in [0.1, 0.15) is 25.6 Å². The maximum atomic E-state index is 10.8. The molecule has 1 rings (SSSR count). The fraction of sp³-hybridized carbons (Fsp3) is 0.667. The van der Waals surface area contributed by atoms with Gasteiger partial charge < -0.3 is 15.4 Å². The first-order chi connectivity index (χ1) is 7.33. The van der Waals surface area contributed by atoms with Gasteiger partial charge in [-0.3, -0.25) is 4.79 Å². The van der Waals surface area contributed by atoms with E-state index in [9.17, 15) is 4.79 Å². The van der Waals surface area contributed by atoms with Crippen LogP contribution in [0, 0.1) is 6.92 Å². The summed E-state index contributed by atoms with van der Waals surface area (Å²) in [6.07, 6.45) is 0. The Morgan fingerprint density at radius 3 is 2.75 bits per heavy atom. The van der Waals surface area contributed by atoms with Crippen LogP contribution in [0.25, 0.3) is 0 Å². The Hall–Kier alpha value is -1.08. The van der Waals surface area contributed by atoms with Crippen molar-refractivity contribution in [2.24, 2.45) is 5.73 Å². The van der Waals surface area contributed by atoms with Gasteiger partial charge in [0.1, 0.15) is 6.04 Å². The minimum atomic E-state index is -1.01. The van der Waals surface area contributed by atoms with E-state index in [2.05, 4.69) is 10.1 Å². The molecule has 1 aromatic heterocycles. The summed E-state index contributed by atoms with van der Waals surface area (Å²) in [4.78, 5) is 14.8. The summed E-state index contributed by atoms with van der Waals surface area (Å²) in [5.74, 6) is 0.484. The maximum Gasteiger partial charge on any atom is 0.321 e. The lowest BCUT2D eigenvalue weighted by atomic mass is 10.1. The van der Waals surface area contributed by atoms with Crippen LogP contribution in [0.3, 0.4) is 0 Å². The number of carboxylic acids is 1. The average molecular weight is 245 g/mol. The van der Waals surface area contributed by atoms with Crippen LogP contribution in [0.2, 0.25) is 0 Å². The highest BCUT2D eigenvalue weighted by Gasteiger charge is 2.32. The first-order valence-electron chi connectivity index (χ1n) is 4.74. The highest BCUT2D eigenvalue weighted by molar-refractivity contribution is 7.99. The third kappa shape index (κ3) is 3.21. The Morgan fingerprint density at radius 1 is 1.69 bits per heavy atom. The molecule has 0 radical (unpaired) electrons. The van der Waals surface area contributed by atoms with Crippen molar-refractivity contribution in [3.63, 3.8) is 0 Å². The summed E-state index contributed by atoms with van der Waals surface area (Å²) in [6.45, 7) is 5.28. The van der Waals surface area contributed by atoms with Crippen LogP contribution in [0.5, 0.6) is 0 Å². The number of aliphatic carboxylic acids is 1. The average Bonchev–Trinajstić information content (AvgIpc) is 2.60. The predicted octanol–water partition coefficient (Wildman–Crippen LogP) is 0.802. The van der Waals surface area contributed by atoms with Crippen molar-refractivity contribution < 1.29 is 14.4 Å². The van der Waals surface area contributed by atoms with Crippen molar-refractivity contribution in [1.29, 1.82) is 0 Å². The molecule has 0 unspecified atom stereocenters. The summed E-state index contributed by atoms with van der Waals surface area (Å²) in [7, 11) is 0. The Morgan fingerprint density at radius 2 is 2.31 bits per heavy atom. The Labute approximate surface area is 97.6 Å². The predicted molar refractivity (Wildman–Crippen MR) is 60.0 cm³/mol. The van der Waals surface area contributed by atoms with E-state index in [4.69, 9.17) is 15.4 Å². The molecule has 1 atom stereocenters. The van der Waals surface area contributed by atoms with Gasteiger partial charge in [-0.1, -0.05) is 5.16 Å². The molecule has 0 aliphatic carbocycles. The Balaban J connectivity index is 2.57. The van der Waals surface area contributed by atoms with Crippen molar-refractivity contribution in [1.82, 2.24) is 10.1 Å². The molecule has 0 amide bonds. The third-order valence-corrected chi connectivity index (χ3v) is 3.54. The van der Waals surface area contributed by atoms with Gasteiger partial charge in [0.2, 0.25) is 5.89 Å². The van der Waals surface area contributed by atoms with Gasteiger partial charge in [0.25, 0.3) is 0 Å². The molecule has 90 valence electrons. The first kappa shape index (κ1) is 13.0. The molecular weight excluding hydrogens is 230 g/mol. The molecule has 1 heterocycles. The van der Waals surface area contributed by atoms with Gasteiger partial charge in [0.05, 0.1) is 5.75 Å². The lowest BCUT2D eigenvalue weighted by Gasteiger charge is -2.27. The highest BCUT2D eigenvalue weighted by Crippen LogP contribution is 2.30. The Kier molecular flexibility index (Phi) is 3.93. The number of rotatable bonds is 5. The lowest BCUT2D eigenvalue weighted by Crippen LogP contribution is -2.46. The SMILES string of the molecule is Cc1noc(CSC(C)(C)[C@H](N)C(=O)O)n1. The third-order valence-electron chi connectivity index (χ3n) is 2.15. The normalized spacial score (nSPS) is 13.8. The van der Waals surface area contributed by atoms with E-state index < -0.39 is 16.8 Å². The van der Waals surface area contributed by atoms with E-state index in [1.165, 1.54) is 11.8 Å². The minimum absolute atomic E-state index is 0.453. The van der Waals surface area contributed by atoms with Crippen LogP contribution in [-0.4, -0.2) is 32.0 Å². The van der Waals surface area contributed by atoms with E-state index in [-0.39, 0.29) is 0 Å². The number of hydrogen-bond acceptors (Lipinski definition) is 6. The smallest absolute Gasteiger partial charge is 0.321 e. The van der Waals surface area contributed by atoms with Gasteiger partial charge in [0.15, 0.2) is 5.82 Å². The number of aryl methyl sites for hydroxylation is 1. The molecular formula is C9H15N3O3S. The zero-order chi connectivity index (χ0) is 12.3. The molecule has 0 aromatic carbocycles. The molecule has 0 spiro atoms. The number of aromatic nitrogens is 2. The van der Waals surface area contributed by atoms with Crippen molar-refractivity contribution in [2.75, 3.05) is 0 Å². The molecule has 0 saturated carbocycles. The second kappa shape index (κ2) is 4.84. The monoisotopic (exact) mass is 245 g/mol. The van der Waals surface area contributed by atoms with Crippen LogP contribution in [0.4, 0.5) is 0 Å². The van der Waals surface area contributed by atoms with Gasteiger partial charge in [-0.2, -0.15) is 4.98 Å².